The molecule has 1 aliphatic rings. The molecule has 0 N–H and O–H groups in total. The van der Waals surface area contributed by atoms with Crippen LogP contribution in [0.2, 0.25) is 0 Å². The summed E-state index contributed by atoms with van der Waals surface area (Å²) < 4.78 is 51.8. The van der Waals surface area contributed by atoms with Gasteiger partial charge in [-0.2, -0.15) is 13.2 Å². The quantitative estimate of drug-likeness (QED) is 0.590. The summed E-state index contributed by atoms with van der Waals surface area (Å²) in [6.07, 6.45) is -3.72. The Hall–Kier alpha value is -2.87. The molecule has 1 atom stereocenters. The first-order valence-corrected chi connectivity index (χ1v) is 9.33. The van der Waals surface area contributed by atoms with Gasteiger partial charge in [-0.05, 0) is 49.7 Å². The second-order valence-electron chi connectivity index (χ2n) is 6.84. The van der Waals surface area contributed by atoms with Crippen molar-refractivity contribution in [3.05, 3.63) is 59.4 Å². The Bertz CT molecular complexity index is 1050. The van der Waals surface area contributed by atoms with E-state index in [4.69, 9.17) is 9.47 Å². The lowest BCUT2D eigenvalue weighted by molar-refractivity contribution is -0.137. The molecule has 5 nitrogen and oxygen atoms in total. The third-order valence-corrected chi connectivity index (χ3v) is 4.92. The smallest absolute Gasteiger partial charge is 0.416 e. The maximum Gasteiger partial charge on any atom is 0.416 e. The van der Waals surface area contributed by atoms with E-state index in [9.17, 15) is 18.0 Å². The highest BCUT2D eigenvalue weighted by molar-refractivity contribution is 5.90. The lowest BCUT2D eigenvalue weighted by Gasteiger charge is -2.14. The van der Waals surface area contributed by atoms with Crippen LogP contribution in [0.25, 0.3) is 16.7 Å². The maximum atomic E-state index is 13.2. The van der Waals surface area contributed by atoms with Gasteiger partial charge in [-0.1, -0.05) is 6.07 Å². The summed E-state index contributed by atoms with van der Waals surface area (Å²) in [5.41, 5.74) is 1.06. The molecule has 3 aromatic rings. The summed E-state index contributed by atoms with van der Waals surface area (Å²) in [4.78, 5) is 16.7. The normalized spacial score (nSPS) is 17.0. The molecule has 0 radical (unpaired) electrons. The molecular formula is C21H19F3N2O3. The molecule has 0 saturated carbocycles. The molecule has 0 bridgehead atoms. The van der Waals surface area contributed by atoms with Crippen LogP contribution in [0.3, 0.4) is 0 Å². The van der Waals surface area contributed by atoms with E-state index in [1.165, 1.54) is 6.07 Å². The molecule has 2 heterocycles. The number of aromatic nitrogens is 2. The lowest BCUT2D eigenvalue weighted by Crippen LogP contribution is -2.10. The molecule has 1 aliphatic heterocycles. The first-order valence-electron chi connectivity index (χ1n) is 9.33. The van der Waals surface area contributed by atoms with Gasteiger partial charge in [-0.3, -0.25) is 4.57 Å². The van der Waals surface area contributed by atoms with E-state index in [-0.39, 0.29) is 18.0 Å². The number of hydrogen-bond acceptors (Lipinski definition) is 4. The number of halogens is 3. The zero-order valence-electron chi connectivity index (χ0n) is 15.7. The molecule has 0 aliphatic carbocycles. The zero-order chi connectivity index (χ0) is 20.6. The number of carbonyl (C=O) groups is 1. The molecule has 1 aromatic heterocycles. The zero-order valence-corrected chi connectivity index (χ0v) is 15.7. The van der Waals surface area contributed by atoms with Crippen molar-refractivity contribution >= 4 is 17.0 Å². The molecule has 1 saturated heterocycles. The number of nitrogens with zero attached hydrogens (tertiary/aromatic N) is 2. The van der Waals surface area contributed by atoms with E-state index in [0.717, 1.165) is 18.6 Å². The molecular weight excluding hydrogens is 385 g/mol. The average molecular weight is 404 g/mol. The minimum atomic E-state index is -4.45. The number of imidazole rings is 1. The van der Waals surface area contributed by atoms with Gasteiger partial charge >= 0.3 is 12.1 Å². The summed E-state index contributed by atoms with van der Waals surface area (Å²) in [5.74, 6) is 0.129. The Labute approximate surface area is 165 Å². The van der Waals surface area contributed by atoms with E-state index in [0.29, 0.717) is 35.8 Å². The number of benzene rings is 2. The van der Waals surface area contributed by atoms with Crippen molar-refractivity contribution in [3.8, 4) is 5.69 Å². The Balaban J connectivity index is 1.89. The van der Waals surface area contributed by atoms with Crippen LogP contribution in [0, 0.1) is 0 Å². The summed E-state index contributed by atoms with van der Waals surface area (Å²) in [7, 11) is 0. The van der Waals surface area contributed by atoms with Crippen molar-refractivity contribution in [2.45, 2.75) is 25.4 Å². The average Bonchev–Trinajstić information content (AvgIpc) is 3.34. The largest absolute Gasteiger partial charge is 0.462 e. The molecule has 0 spiro atoms. The molecule has 8 heteroatoms. The number of fused-ring (bicyclic) bond motifs is 1. The predicted molar refractivity (Wildman–Crippen MR) is 100 cm³/mol. The minimum Gasteiger partial charge on any atom is -0.462 e. The summed E-state index contributed by atoms with van der Waals surface area (Å²) >= 11 is 0. The molecule has 152 valence electrons. The summed E-state index contributed by atoms with van der Waals surface area (Å²) in [5, 5.41) is 0. The Morgan fingerprint density at radius 1 is 1.28 bits per heavy atom. The van der Waals surface area contributed by atoms with Crippen LogP contribution < -0.4 is 0 Å². The van der Waals surface area contributed by atoms with Crippen molar-refractivity contribution in [2.75, 3.05) is 19.8 Å². The summed E-state index contributed by atoms with van der Waals surface area (Å²) in [6, 6.07) is 10.3. The molecule has 0 amide bonds. The van der Waals surface area contributed by atoms with E-state index in [1.54, 1.807) is 35.8 Å². The molecule has 4 rings (SSSR count). The fourth-order valence-corrected chi connectivity index (χ4v) is 3.54. The van der Waals surface area contributed by atoms with Crippen LogP contribution in [0.1, 0.15) is 41.0 Å². The lowest BCUT2D eigenvalue weighted by atomic mass is 10.1. The first kappa shape index (κ1) is 19.4. The van der Waals surface area contributed by atoms with Gasteiger partial charge in [0, 0.05) is 18.2 Å². The van der Waals surface area contributed by atoms with Gasteiger partial charge in [0.2, 0.25) is 0 Å². The van der Waals surface area contributed by atoms with Gasteiger partial charge in [0.25, 0.3) is 0 Å². The second kappa shape index (κ2) is 7.51. The molecule has 1 unspecified atom stereocenters. The third kappa shape index (κ3) is 3.72. The minimum absolute atomic E-state index is 0.0389. The van der Waals surface area contributed by atoms with Crippen LogP contribution >= 0.6 is 0 Å². The van der Waals surface area contributed by atoms with E-state index < -0.39 is 17.7 Å². The predicted octanol–water partition coefficient (Wildman–Crippen LogP) is 4.72. The number of esters is 1. The number of hydrogen-bond donors (Lipinski definition) is 0. The van der Waals surface area contributed by atoms with Crippen molar-refractivity contribution in [2.24, 2.45) is 0 Å². The van der Waals surface area contributed by atoms with E-state index >= 15 is 0 Å². The Kier molecular flexibility index (Phi) is 5.04. The van der Waals surface area contributed by atoms with E-state index in [1.807, 2.05) is 0 Å². The van der Waals surface area contributed by atoms with Crippen molar-refractivity contribution in [1.29, 1.82) is 0 Å². The highest BCUT2D eigenvalue weighted by Gasteiger charge is 2.32. The van der Waals surface area contributed by atoms with Crippen molar-refractivity contribution < 1.29 is 27.4 Å². The van der Waals surface area contributed by atoms with Gasteiger partial charge in [-0.25, -0.2) is 9.78 Å². The molecule has 2 aromatic carbocycles. The van der Waals surface area contributed by atoms with Crippen LogP contribution in [0.5, 0.6) is 0 Å². The maximum absolute atomic E-state index is 13.2. The van der Waals surface area contributed by atoms with Gasteiger partial charge in [0.15, 0.2) is 0 Å². The van der Waals surface area contributed by atoms with Crippen LogP contribution in [-0.2, 0) is 15.7 Å². The highest BCUT2D eigenvalue weighted by Crippen LogP contribution is 2.35. The van der Waals surface area contributed by atoms with Crippen molar-refractivity contribution in [1.82, 2.24) is 9.55 Å². The van der Waals surface area contributed by atoms with Crippen LogP contribution in [-0.4, -0.2) is 35.3 Å². The number of ether oxygens (including phenoxy) is 2. The fourth-order valence-electron chi connectivity index (χ4n) is 3.54. The second-order valence-corrected chi connectivity index (χ2v) is 6.84. The summed E-state index contributed by atoms with van der Waals surface area (Å²) in [6.45, 7) is 3.00. The van der Waals surface area contributed by atoms with Gasteiger partial charge < -0.3 is 9.47 Å². The topological polar surface area (TPSA) is 53.4 Å². The number of rotatable bonds is 4. The first-order chi connectivity index (χ1) is 13.9. The SMILES string of the molecule is CCOC(=O)c1cccc(-n2c(C3CCOC3)nc3cc(C(F)(F)F)ccc32)c1. The van der Waals surface area contributed by atoms with Crippen LogP contribution in [0.15, 0.2) is 42.5 Å². The number of alkyl halides is 3. The van der Waals surface area contributed by atoms with E-state index in [2.05, 4.69) is 4.98 Å². The monoisotopic (exact) mass is 404 g/mol. The van der Waals surface area contributed by atoms with Crippen molar-refractivity contribution in [3.63, 3.8) is 0 Å². The van der Waals surface area contributed by atoms with Crippen LogP contribution in [0.4, 0.5) is 13.2 Å². The Morgan fingerprint density at radius 2 is 2.10 bits per heavy atom. The standard InChI is InChI=1S/C21H19F3N2O3/c1-2-29-20(27)13-4-3-5-16(10-13)26-18-7-6-15(21(22,23)24)11-17(18)25-19(26)14-8-9-28-12-14/h3-7,10-11,14H,2,8-9,12H2,1H3. The van der Waals surface area contributed by atoms with Gasteiger partial charge in [0.05, 0.1) is 35.4 Å². The Morgan fingerprint density at radius 3 is 2.79 bits per heavy atom. The highest BCUT2D eigenvalue weighted by atomic mass is 19.4. The number of carbonyl (C=O) groups excluding carboxylic acids is 1. The third-order valence-electron chi connectivity index (χ3n) is 4.92. The fraction of sp³-hybridized carbons (Fsp3) is 0.333. The van der Waals surface area contributed by atoms with Gasteiger partial charge in [0.1, 0.15) is 5.82 Å². The molecule has 29 heavy (non-hydrogen) atoms. The molecule has 1 fully saturated rings. The van der Waals surface area contributed by atoms with Gasteiger partial charge in [-0.15, -0.1) is 0 Å².